The first-order valence-electron chi connectivity index (χ1n) is 9.69. The highest BCUT2D eigenvalue weighted by Gasteiger charge is 2.31. The van der Waals surface area contributed by atoms with E-state index in [0.717, 1.165) is 30.6 Å². The smallest absolute Gasteiger partial charge is 0.410 e. The standard InChI is InChI=1S/C21H22F3N3O5S/c1-21(2,3)26(4)20(28)31-12-13-11-27(33(29,30)16-8-7-14(10-22)32-16)18(17(13)23)15-6-5-9-25-19(15)24/h5-9,11H,10,12H2,1-4H3. The molecule has 0 N–H and O–H groups in total. The number of carbonyl (C=O) groups is 1. The number of amides is 1. The normalized spacial score (nSPS) is 12.1. The van der Waals surface area contributed by atoms with E-state index in [2.05, 4.69) is 4.98 Å². The van der Waals surface area contributed by atoms with Crippen LogP contribution >= 0.6 is 0 Å². The highest BCUT2D eigenvalue weighted by molar-refractivity contribution is 7.89. The van der Waals surface area contributed by atoms with Crippen molar-refractivity contribution in [3.8, 4) is 11.3 Å². The fourth-order valence-electron chi connectivity index (χ4n) is 2.78. The van der Waals surface area contributed by atoms with Gasteiger partial charge in [-0.25, -0.2) is 22.5 Å². The van der Waals surface area contributed by atoms with E-state index in [1.165, 1.54) is 18.0 Å². The van der Waals surface area contributed by atoms with Crippen LogP contribution < -0.4 is 0 Å². The SMILES string of the molecule is CN(C(=O)OCc1cn(S(=O)(=O)c2ccc(CF)o2)c(-c2cccnc2F)c1F)C(C)(C)C. The summed E-state index contributed by atoms with van der Waals surface area (Å²) in [5, 5.41) is -0.674. The molecule has 0 aliphatic heterocycles. The van der Waals surface area contributed by atoms with Gasteiger partial charge in [-0.1, -0.05) is 0 Å². The lowest BCUT2D eigenvalue weighted by Crippen LogP contribution is -2.42. The molecular weight excluding hydrogens is 463 g/mol. The van der Waals surface area contributed by atoms with Crippen LogP contribution in [-0.4, -0.2) is 41.0 Å². The summed E-state index contributed by atoms with van der Waals surface area (Å²) in [6, 6.07) is 4.56. The minimum atomic E-state index is -4.61. The van der Waals surface area contributed by atoms with Crippen LogP contribution in [-0.2, 0) is 28.0 Å². The Hall–Kier alpha value is -3.28. The number of ether oxygens (including phenoxy) is 1. The van der Waals surface area contributed by atoms with Gasteiger partial charge in [-0.15, -0.1) is 0 Å². The maximum Gasteiger partial charge on any atom is 0.410 e. The monoisotopic (exact) mass is 485 g/mol. The lowest BCUT2D eigenvalue weighted by Gasteiger charge is -2.30. The van der Waals surface area contributed by atoms with E-state index in [1.54, 1.807) is 20.8 Å². The summed E-state index contributed by atoms with van der Waals surface area (Å²) in [6.07, 6.45) is 1.20. The first-order chi connectivity index (χ1) is 15.4. The Kier molecular flexibility index (Phi) is 6.59. The van der Waals surface area contributed by atoms with Crippen molar-refractivity contribution in [1.29, 1.82) is 0 Å². The van der Waals surface area contributed by atoms with Gasteiger partial charge in [-0.3, -0.25) is 0 Å². The predicted molar refractivity (Wildman–Crippen MR) is 111 cm³/mol. The van der Waals surface area contributed by atoms with Gasteiger partial charge in [0, 0.05) is 30.5 Å². The van der Waals surface area contributed by atoms with Gasteiger partial charge < -0.3 is 14.1 Å². The predicted octanol–water partition coefficient (Wildman–Crippen LogP) is 4.49. The van der Waals surface area contributed by atoms with E-state index in [-0.39, 0.29) is 11.3 Å². The molecule has 0 bridgehead atoms. The summed E-state index contributed by atoms with van der Waals surface area (Å²) in [4.78, 5) is 17.0. The number of furan rings is 1. The van der Waals surface area contributed by atoms with Gasteiger partial charge in [0.15, 0.2) is 5.82 Å². The number of rotatable bonds is 6. The average Bonchev–Trinajstić information content (AvgIpc) is 3.37. The topological polar surface area (TPSA) is 94.6 Å². The molecule has 1 amide bonds. The fraction of sp³-hybridized carbons (Fsp3) is 0.333. The quantitative estimate of drug-likeness (QED) is 0.478. The van der Waals surface area contributed by atoms with E-state index in [1.807, 2.05) is 0 Å². The summed E-state index contributed by atoms with van der Waals surface area (Å²) in [5.41, 5.74) is -2.03. The molecule has 178 valence electrons. The molecule has 0 spiro atoms. The van der Waals surface area contributed by atoms with Gasteiger partial charge >= 0.3 is 16.1 Å². The van der Waals surface area contributed by atoms with E-state index < -0.39 is 63.1 Å². The molecule has 3 heterocycles. The molecule has 0 atom stereocenters. The Morgan fingerprint density at radius 2 is 1.94 bits per heavy atom. The number of aromatic nitrogens is 2. The molecule has 3 rings (SSSR count). The molecule has 3 aromatic heterocycles. The van der Waals surface area contributed by atoms with Crippen molar-refractivity contribution in [2.45, 2.75) is 44.7 Å². The minimum Gasteiger partial charge on any atom is -0.445 e. The zero-order chi connectivity index (χ0) is 24.6. The van der Waals surface area contributed by atoms with E-state index in [4.69, 9.17) is 9.15 Å². The number of nitrogens with zero attached hydrogens (tertiary/aromatic N) is 3. The zero-order valence-corrected chi connectivity index (χ0v) is 19.1. The summed E-state index contributed by atoms with van der Waals surface area (Å²) < 4.78 is 79.5. The van der Waals surface area contributed by atoms with Gasteiger partial charge in [-0.05, 0) is 45.0 Å². The Labute approximate surface area is 188 Å². The van der Waals surface area contributed by atoms with Crippen molar-refractivity contribution in [3.63, 3.8) is 0 Å². The van der Waals surface area contributed by atoms with Gasteiger partial charge in [-0.2, -0.15) is 12.8 Å². The van der Waals surface area contributed by atoms with Gasteiger partial charge in [0.05, 0.1) is 5.56 Å². The minimum absolute atomic E-state index is 0.255. The van der Waals surface area contributed by atoms with Crippen LogP contribution in [0.3, 0.4) is 0 Å². The van der Waals surface area contributed by atoms with Gasteiger partial charge in [0.2, 0.25) is 11.0 Å². The van der Waals surface area contributed by atoms with Crippen molar-refractivity contribution in [2.24, 2.45) is 0 Å². The highest BCUT2D eigenvalue weighted by Crippen LogP contribution is 2.33. The van der Waals surface area contributed by atoms with Crippen LogP contribution in [0.5, 0.6) is 0 Å². The Morgan fingerprint density at radius 3 is 2.52 bits per heavy atom. The van der Waals surface area contributed by atoms with Crippen molar-refractivity contribution in [3.05, 3.63) is 59.7 Å². The van der Waals surface area contributed by atoms with E-state index >= 15 is 4.39 Å². The number of pyridine rings is 1. The molecule has 0 unspecified atom stereocenters. The Bertz CT molecular complexity index is 1280. The van der Waals surface area contributed by atoms with Crippen LogP contribution in [0.25, 0.3) is 11.3 Å². The van der Waals surface area contributed by atoms with E-state index in [0.29, 0.717) is 3.97 Å². The zero-order valence-electron chi connectivity index (χ0n) is 18.3. The highest BCUT2D eigenvalue weighted by atomic mass is 32.2. The average molecular weight is 485 g/mol. The number of hydrogen-bond donors (Lipinski definition) is 0. The molecule has 0 aliphatic rings. The first kappa shape index (κ1) is 24.4. The molecule has 0 aliphatic carbocycles. The number of halogens is 3. The van der Waals surface area contributed by atoms with Gasteiger partial charge in [0.25, 0.3) is 0 Å². The third kappa shape index (κ3) is 4.75. The summed E-state index contributed by atoms with van der Waals surface area (Å²) in [5.74, 6) is -2.51. The Balaban J connectivity index is 2.09. The van der Waals surface area contributed by atoms with Crippen LogP contribution in [0.2, 0.25) is 0 Å². The largest absolute Gasteiger partial charge is 0.445 e. The van der Waals surface area contributed by atoms with Crippen LogP contribution in [0, 0.1) is 11.8 Å². The third-order valence-corrected chi connectivity index (χ3v) is 6.44. The number of alkyl halides is 1. The molecular formula is C21H22F3N3O5S. The summed E-state index contributed by atoms with van der Waals surface area (Å²) >= 11 is 0. The second kappa shape index (κ2) is 8.93. The van der Waals surface area contributed by atoms with Crippen LogP contribution in [0.15, 0.2) is 46.2 Å². The molecule has 3 aromatic rings. The van der Waals surface area contributed by atoms with Crippen molar-refractivity contribution >= 4 is 16.1 Å². The fourth-order valence-corrected chi connectivity index (χ4v) is 4.11. The number of hydrogen-bond acceptors (Lipinski definition) is 6. The molecule has 8 nitrogen and oxygen atoms in total. The summed E-state index contributed by atoms with van der Waals surface area (Å²) in [7, 11) is -3.12. The van der Waals surface area contributed by atoms with Crippen molar-refractivity contribution in [1.82, 2.24) is 13.9 Å². The third-order valence-electron chi connectivity index (χ3n) is 4.91. The molecule has 12 heteroatoms. The van der Waals surface area contributed by atoms with Crippen LogP contribution in [0.4, 0.5) is 18.0 Å². The number of carbonyl (C=O) groups excluding carboxylic acids is 1. The van der Waals surface area contributed by atoms with Crippen LogP contribution in [0.1, 0.15) is 32.1 Å². The first-order valence-corrected chi connectivity index (χ1v) is 11.1. The molecule has 33 heavy (non-hydrogen) atoms. The molecule has 0 fully saturated rings. The molecule has 0 radical (unpaired) electrons. The lowest BCUT2D eigenvalue weighted by molar-refractivity contribution is 0.0753. The Morgan fingerprint density at radius 1 is 1.24 bits per heavy atom. The van der Waals surface area contributed by atoms with Gasteiger partial charge in [0.1, 0.15) is 24.7 Å². The molecule has 0 aromatic carbocycles. The van der Waals surface area contributed by atoms with Crippen molar-refractivity contribution < 1.29 is 35.5 Å². The molecule has 0 saturated carbocycles. The maximum atomic E-state index is 15.4. The second-order valence-corrected chi connectivity index (χ2v) is 9.84. The van der Waals surface area contributed by atoms with Crippen molar-refractivity contribution in [2.75, 3.05) is 7.05 Å². The second-order valence-electron chi connectivity index (χ2n) is 8.10. The van der Waals surface area contributed by atoms with E-state index in [9.17, 15) is 22.0 Å². The molecule has 0 saturated heterocycles. The maximum absolute atomic E-state index is 15.4. The summed E-state index contributed by atoms with van der Waals surface area (Å²) in [6.45, 7) is 3.60. The lowest BCUT2D eigenvalue weighted by atomic mass is 10.1.